The van der Waals surface area contributed by atoms with Gasteiger partial charge in [0.25, 0.3) is 5.91 Å². The zero-order chi connectivity index (χ0) is 24.4. The van der Waals surface area contributed by atoms with Crippen molar-refractivity contribution in [1.29, 1.82) is 0 Å². The van der Waals surface area contributed by atoms with Crippen LogP contribution in [-0.2, 0) is 17.6 Å². The number of hydrogen-bond donors (Lipinski definition) is 2. The molecule has 1 unspecified atom stereocenters. The molecule has 1 aromatic heterocycles. The number of carbonyl (C=O) groups excluding carboxylic acids is 2. The van der Waals surface area contributed by atoms with Gasteiger partial charge in [-0.3, -0.25) is 9.59 Å². The maximum absolute atomic E-state index is 12.7. The first-order chi connectivity index (χ1) is 16.3. The van der Waals surface area contributed by atoms with Crippen LogP contribution < -0.4 is 11.5 Å². The molecule has 4 N–H and O–H groups in total. The fourth-order valence-corrected chi connectivity index (χ4v) is 5.39. The number of nitrogens with zero attached hydrogens (tertiary/aromatic N) is 4. The first kappa shape index (κ1) is 24.3. The summed E-state index contributed by atoms with van der Waals surface area (Å²) in [5, 5.41) is 5.63. The van der Waals surface area contributed by atoms with Crippen LogP contribution >= 0.6 is 11.6 Å². The van der Waals surface area contributed by atoms with E-state index >= 15 is 0 Å². The van der Waals surface area contributed by atoms with E-state index in [2.05, 4.69) is 6.07 Å². The molecule has 2 aliphatic rings. The molecule has 182 valence electrons. The van der Waals surface area contributed by atoms with Crippen LogP contribution in [0.2, 0.25) is 5.02 Å². The van der Waals surface area contributed by atoms with Crippen LogP contribution in [-0.4, -0.2) is 65.1 Å². The Kier molecular flexibility index (Phi) is 7.28. The lowest BCUT2D eigenvalue weighted by Gasteiger charge is -2.32. The molecule has 2 heterocycles. The molecule has 34 heavy (non-hydrogen) atoms. The Bertz CT molecular complexity index is 1110. The monoisotopic (exact) mass is 484 g/mol. The summed E-state index contributed by atoms with van der Waals surface area (Å²) in [5.41, 5.74) is 15.5. The van der Waals surface area contributed by atoms with Crippen LogP contribution in [0, 0.1) is 0 Å². The molecule has 1 aromatic carbocycles. The Labute approximate surface area is 205 Å². The van der Waals surface area contributed by atoms with Gasteiger partial charge in [0.2, 0.25) is 5.91 Å². The number of likely N-dealkylation sites (N-methyl/N-ethyl adjacent to an activating group) is 1. The zero-order valence-corrected chi connectivity index (χ0v) is 20.6. The third-order valence-corrected chi connectivity index (χ3v) is 7.17. The summed E-state index contributed by atoms with van der Waals surface area (Å²) in [6.45, 7) is 1.90. The van der Waals surface area contributed by atoms with E-state index in [4.69, 9.17) is 28.2 Å². The van der Waals surface area contributed by atoms with E-state index < -0.39 is 5.91 Å². The van der Waals surface area contributed by atoms with Crippen LogP contribution in [0.15, 0.2) is 30.4 Å². The summed E-state index contributed by atoms with van der Waals surface area (Å²) < 4.78 is 1.73. The molecule has 0 spiro atoms. The predicted octanol–water partition coefficient (Wildman–Crippen LogP) is 2.77. The highest BCUT2D eigenvalue weighted by molar-refractivity contribution is 6.31. The van der Waals surface area contributed by atoms with Gasteiger partial charge in [-0.15, -0.1) is 0 Å². The number of likely N-dealkylation sites (tertiary alicyclic amines) is 1. The number of nitrogens with two attached hydrogens (primary N) is 2. The fraction of sp³-hybridized carbons (Fsp3) is 0.480. The van der Waals surface area contributed by atoms with Crippen LogP contribution in [0.25, 0.3) is 0 Å². The Balaban J connectivity index is 1.58. The van der Waals surface area contributed by atoms with Crippen molar-refractivity contribution < 1.29 is 9.59 Å². The van der Waals surface area contributed by atoms with Crippen molar-refractivity contribution in [2.24, 2.45) is 5.73 Å². The van der Waals surface area contributed by atoms with Crippen molar-refractivity contribution in [3.63, 3.8) is 0 Å². The number of amides is 2. The minimum absolute atomic E-state index is 0.0200. The number of rotatable bonds is 6. The molecule has 4 rings (SSSR count). The number of hydrogen-bond acceptors (Lipinski definition) is 5. The number of anilines is 1. The molecule has 2 amide bonds. The van der Waals surface area contributed by atoms with Crippen LogP contribution in [0.5, 0.6) is 0 Å². The quantitative estimate of drug-likeness (QED) is 0.612. The van der Waals surface area contributed by atoms with Gasteiger partial charge in [-0.2, -0.15) is 5.10 Å². The van der Waals surface area contributed by atoms with Crippen molar-refractivity contribution >= 4 is 29.2 Å². The molecular weight excluding hydrogens is 452 g/mol. The lowest BCUT2D eigenvalue weighted by atomic mass is 9.81. The number of fused-ring (bicyclic) bond motifs is 1. The van der Waals surface area contributed by atoms with Crippen molar-refractivity contribution in [2.75, 3.05) is 39.5 Å². The van der Waals surface area contributed by atoms with Gasteiger partial charge in [0, 0.05) is 36.7 Å². The van der Waals surface area contributed by atoms with Gasteiger partial charge in [-0.05, 0) is 63.4 Å². The minimum atomic E-state index is -0.564. The van der Waals surface area contributed by atoms with E-state index in [9.17, 15) is 9.59 Å². The van der Waals surface area contributed by atoms with Gasteiger partial charge in [-0.25, -0.2) is 4.68 Å². The normalized spacial score (nSPS) is 20.6. The van der Waals surface area contributed by atoms with Crippen molar-refractivity contribution in [2.45, 2.75) is 44.1 Å². The smallest absolute Gasteiger partial charge is 0.254 e. The van der Waals surface area contributed by atoms with Gasteiger partial charge in [0.15, 0.2) is 0 Å². The van der Waals surface area contributed by atoms with Crippen molar-refractivity contribution in [3.8, 4) is 0 Å². The predicted molar refractivity (Wildman–Crippen MR) is 134 cm³/mol. The molecule has 9 heteroatoms. The van der Waals surface area contributed by atoms with Crippen LogP contribution in [0.4, 0.5) is 5.82 Å². The first-order valence-electron chi connectivity index (χ1n) is 11.8. The molecule has 1 aliphatic carbocycles. The number of primary amides is 1. The topological polar surface area (TPSA) is 110 Å². The Morgan fingerprint density at radius 1 is 1.29 bits per heavy atom. The van der Waals surface area contributed by atoms with Crippen molar-refractivity contribution in [3.05, 3.63) is 57.8 Å². The van der Waals surface area contributed by atoms with E-state index in [-0.39, 0.29) is 17.9 Å². The van der Waals surface area contributed by atoms with E-state index in [1.54, 1.807) is 10.8 Å². The zero-order valence-electron chi connectivity index (χ0n) is 19.8. The summed E-state index contributed by atoms with van der Waals surface area (Å²) >= 11 is 6.38. The molecule has 0 bridgehead atoms. The summed E-state index contributed by atoms with van der Waals surface area (Å²) in [6, 6.07) is 5.84. The second-order valence-corrected chi connectivity index (χ2v) is 9.92. The second kappa shape index (κ2) is 10.2. The summed E-state index contributed by atoms with van der Waals surface area (Å²) in [5.74, 6) is -0.256. The summed E-state index contributed by atoms with van der Waals surface area (Å²) in [7, 11) is 3.92. The number of piperidine rings is 1. The number of carbonyl (C=O) groups is 2. The maximum atomic E-state index is 12.7. The molecule has 1 saturated heterocycles. The van der Waals surface area contributed by atoms with Gasteiger partial charge in [-0.1, -0.05) is 29.8 Å². The van der Waals surface area contributed by atoms with Gasteiger partial charge in [0.1, 0.15) is 11.4 Å². The van der Waals surface area contributed by atoms with E-state index in [1.807, 2.05) is 42.1 Å². The average molecular weight is 485 g/mol. The van der Waals surface area contributed by atoms with Gasteiger partial charge in [0.05, 0.1) is 11.7 Å². The van der Waals surface area contributed by atoms with Gasteiger partial charge < -0.3 is 21.3 Å². The molecule has 2 aromatic rings. The van der Waals surface area contributed by atoms with Crippen LogP contribution in [0.1, 0.15) is 58.4 Å². The molecule has 1 aliphatic heterocycles. The summed E-state index contributed by atoms with van der Waals surface area (Å²) in [6.07, 6.45) is 7.53. The molecule has 8 nitrogen and oxygen atoms in total. The fourth-order valence-electron chi connectivity index (χ4n) is 5.10. The molecule has 1 fully saturated rings. The molecule has 0 radical (unpaired) electrons. The second-order valence-electron chi connectivity index (χ2n) is 9.52. The average Bonchev–Trinajstić information content (AvgIpc) is 3.16. The highest BCUT2D eigenvalue weighted by atomic mass is 35.5. The lowest BCUT2D eigenvalue weighted by Crippen LogP contribution is -2.40. The number of nitrogen functional groups attached to an aromatic ring is 1. The molecule has 2 atom stereocenters. The van der Waals surface area contributed by atoms with Gasteiger partial charge >= 0.3 is 0 Å². The Hall–Kier alpha value is -2.84. The number of halogens is 1. The Morgan fingerprint density at radius 2 is 2.09 bits per heavy atom. The van der Waals surface area contributed by atoms with E-state index in [1.165, 1.54) is 5.56 Å². The largest absolute Gasteiger partial charge is 0.383 e. The third-order valence-electron chi connectivity index (χ3n) is 6.82. The minimum Gasteiger partial charge on any atom is -0.383 e. The van der Waals surface area contributed by atoms with E-state index in [0.29, 0.717) is 36.7 Å². The third kappa shape index (κ3) is 4.98. The molecule has 0 saturated carbocycles. The highest BCUT2D eigenvalue weighted by Crippen LogP contribution is 2.38. The number of benzene rings is 1. The number of aromatic nitrogens is 2. The van der Waals surface area contributed by atoms with Crippen molar-refractivity contribution in [1.82, 2.24) is 19.6 Å². The SMILES string of the molecule is CN(C)CC=CC(=O)N1CCC[C@@H](n2nc(C3CCc4c(Cl)cccc4C3)c(C(N)=O)c2N)C1. The molecular formula is C25H33ClN6O2. The summed E-state index contributed by atoms with van der Waals surface area (Å²) in [4.78, 5) is 28.9. The lowest BCUT2D eigenvalue weighted by molar-refractivity contribution is -0.127. The first-order valence-corrected chi connectivity index (χ1v) is 12.2. The maximum Gasteiger partial charge on any atom is 0.254 e. The highest BCUT2D eigenvalue weighted by Gasteiger charge is 2.33. The standard InChI is InChI=1S/C25H33ClN6O2/c1-30(2)12-5-9-21(33)31-13-4-7-18(15-31)32-24(27)22(25(28)34)23(29-32)17-10-11-19-16(14-17)6-3-8-20(19)26/h3,5-6,8-9,17-18H,4,7,10-15,27H2,1-2H3,(H2,28,34)/t17?,18-/m1/s1. The van der Waals surface area contributed by atoms with E-state index in [0.717, 1.165) is 42.7 Å². The van der Waals surface area contributed by atoms with Crippen LogP contribution in [0.3, 0.4) is 0 Å². The Morgan fingerprint density at radius 3 is 2.82 bits per heavy atom.